The van der Waals surface area contributed by atoms with E-state index in [0.29, 0.717) is 6.42 Å². The van der Waals surface area contributed by atoms with E-state index in [9.17, 15) is 8.76 Å². The molecule has 0 N–H and O–H groups in total. The standard InChI is InChI=1S/C8H8Br2O2S/c9-7-3-6(1-2-13(11)12)4-8(10)5-7/h3-5H,1-2H2,(H,11,12)/p-1. The highest BCUT2D eigenvalue weighted by atomic mass is 79.9. The summed E-state index contributed by atoms with van der Waals surface area (Å²) in [6, 6.07) is 5.74. The van der Waals surface area contributed by atoms with Gasteiger partial charge in [-0.25, -0.2) is 0 Å². The van der Waals surface area contributed by atoms with Crippen molar-refractivity contribution in [2.45, 2.75) is 6.42 Å². The van der Waals surface area contributed by atoms with Gasteiger partial charge in [0.1, 0.15) is 0 Å². The number of hydrogen-bond donors (Lipinski definition) is 0. The molecule has 1 atom stereocenters. The van der Waals surface area contributed by atoms with Crippen LogP contribution in [0.1, 0.15) is 5.56 Å². The molecule has 1 aromatic carbocycles. The van der Waals surface area contributed by atoms with Crippen molar-refractivity contribution in [3.8, 4) is 0 Å². The molecule has 1 rings (SSSR count). The van der Waals surface area contributed by atoms with E-state index in [2.05, 4.69) is 31.9 Å². The van der Waals surface area contributed by atoms with Crippen LogP contribution in [-0.2, 0) is 17.5 Å². The molecule has 2 nitrogen and oxygen atoms in total. The van der Waals surface area contributed by atoms with Crippen molar-refractivity contribution in [3.63, 3.8) is 0 Å². The molecule has 5 heteroatoms. The van der Waals surface area contributed by atoms with E-state index in [-0.39, 0.29) is 5.75 Å². The first-order valence-corrected chi connectivity index (χ1v) is 6.42. The van der Waals surface area contributed by atoms with Gasteiger partial charge < -0.3 is 4.55 Å². The molecular weight excluding hydrogens is 320 g/mol. The van der Waals surface area contributed by atoms with Gasteiger partial charge >= 0.3 is 0 Å². The summed E-state index contributed by atoms with van der Waals surface area (Å²) in [6.45, 7) is 0. The Morgan fingerprint density at radius 2 is 1.77 bits per heavy atom. The summed E-state index contributed by atoms with van der Waals surface area (Å²) in [7, 11) is 0. The zero-order valence-electron chi connectivity index (χ0n) is 6.63. The molecule has 0 radical (unpaired) electrons. The molecule has 0 amide bonds. The first-order chi connectivity index (χ1) is 6.08. The van der Waals surface area contributed by atoms with E-state index in [1.807, 2.05) is 18.2 Å². The van der Waals surface area contributed by atoms with Crippen molar-refractivity contribution in [2.24, 2.45) is 0 Å². The molecule has 0 spiro atoms. The van der Waals surface area contributed by atoms with Gasteiger partial charge in [0.15, 0.2) is 0 Å². The van der Waals surface area contributed by atoms with Crippen LogP contribution < -0.4 is 0 Å². The van der Waals surface area contributed by atoms with E-state index in [4.69, 9.17) is 0 Å². The van der Waals surface area contributed by atoms with Gasteiger partial charge in [0, 0.05) is 14.7 Å². The maximum atomic E-state index is 10.3. The fourth-order valence-corrected chi connectivity index (χ4v) is 2.75. The highest BCUT2D eigenvalue weighted by Crippen LogP contribution is 2.20. The maximum absolute atomic E-state index is 10.3. The summed E-state index contributed by atoms with van der Waals surface area (Å²) >= 11 is 4.71. The average molecular weight is 327 g/mol. The van der Waals surface area contributed by atoms with Crippen LogP contribution in [0.5, 0.6) is 0 Å². The predicted molar refractivity (Wildman–Crippen MR) is 59.3 cm³/mol. The summed E-state index contributed by atoms with van der Waals surface area (Å²) in [5.41, 5.74) is 1.01. The molecule has 1 aromatic rings. The van der Waals surface area contributed by atoms with Gasteiger partial charge in [0.2, 0.25) is 0 Å². The quantitative estimate of drug-likeness (QED) is 0.801. The van der Waals surface area contributed by atoms with Crippen LogP contribution in [0.2, 0.25) is 0 Å². The third kappa shape index (κ3) is 4.35. The molecule has 0 saturated carbocycles. The summed E-state index contributed by atoms with van der Waals surface area (Å²) in [6.07, 6.45) is 0.550. The molecule has 0 aliphatic heterocycles. The third-order valence-electron chi connectivity index (χ3n) is 1.48. The van der Waals surface area contributed by atoms with E-state index in [1.165, 1.54) is 0 Å². The van der Waals surface area contributed by atoms with Crippen LogP contribution in [-0.4, -0.2) is 14.5 Å². The molecule has 13 heavy (non-hydrogen) atoms. The van der Waals surface area contributed by atoms with Gasteiger partial charge in [-0.3, -0.25) is 4.21 Å². The Morgan fingerprint density at radius 1 is 1.23 bits per heavy atom. The Kier molecular flexibility index (Phi) is 4.58. The van der Waals surface area contributed by atoms with Gasteiger partial charge in [-0.2, -0.15) is 0 Å². The van der Waals surface area contributed by atoms with Crippen LogP contribution in [0, 0.1) is 0 Å². The van der Waals surface area contributed by atoms with Crippen LogP contribution in [0.3, 0.4) is 0 Å². The summed E-state index contributed by atoms with van der Waals surface area (Å²) in [4.78, 5) is 0. The monoisotopic (exact) mass is 325 g/mol. The van der Waals surface area contributed by atoms with Crippen LogP contribution >= 0.6 is 31.9 Å². The molecule has 0 aliphatic rings. The second-order valence-corrected chi connectivity index (χ2v) is 5.38. The smallest absolute Gasteiger partial charge is 0.0189 e. The summed E-state index contributed by atoms with van der Waals surface area (Å²) in [5, 5.41) is 0. The lowest BCUT2D eigenvalue weighted by Gasteiger charge is -2.05. The van der Waals surface area contributed by atoms with E-state index >= 15 is 0 Å². The third-order valence-corrected chi connectivity index (χ3v) is 2.93. The Balaban J connectivity index is 2.71. The minimum absolute atomic E-state index is 0.170. The summed E-state index contributed by atoms with van der Waals surface area (Å²) in [5.74, 6) is 0.170. The van der Waals surface area contributed by atoms with E-state index in [1.54, 1.807) is 0 Å². The van der Waals surface area contributed by atoms with Crippen molar-refractivity contribution in [1.82, 2.24) is 0 Å². The maximum Gasteiger partial charge on any atom is 0.0189 e. The lowest BCUT2D eigenvalue weighted by molar-refractivity contribution is 0.536. The number of benzene rings is 1. The Hall–Kier alpha value is 0.290. The first-order valence-electron chi connectivity index (χ1n) is 3.59. The Labute approximate surface area is 96.3 Å². The number of hydrogen-bond acceptors (Lipinski definition) is 2. The molecule has 0 bridgehead atoms. The predicted octanol–water partition coefficient (Wildman–Crippen LogP) is 2.63. The van der Waals surface area contributed by atoms with E-state index in [0.717, 1.165) is 14.5 Å². The largest absolute Gasteiger partial charge is 0.772 e. The zero-order valence-corrected chi connectivity index (χ0v) is 10.6. The van der Waals surface area contributed by atoms with Crippen LogP contribution in [0.15, 0.2) is 27.1 Å². The van der Waals surface area contributed by atoms with Gasteiger partial charge in [-0.15, -0.1) is 0 Å². The SMILES string of the molecule is O=S([O-])CCc1cc(Br)cc(Br)c1. The van der Waals surface area contributed by atoms with Crippen molar-refractivity contribution in [3.05, 3.63) is 32.7 Å². The molecule has 0 aliphatic carbocycles. The highest BCUT2D eigenvalue weighted by molar-refractivity contribution is 9.11. The normalized spacial score (nSPS) is 12.8. The minimum Gasteiger partial charge on any atom is -0.772 e. The Bertz CT molecular complexity index is 308. The van der Waals surface area contributed by atoms with Crippen molar-refractivity contribution in [2.75, 3.05) is 5.75 Å². The molecule has 0 aromatic heterocycles. The molecule has 72 valence electrons. The van der Waals surface area contributed by atoms with Gasteiger partial charge in [0.05, 0.1) is 0 Å². The molecular formula is C8H7Br2O2S-. The average Bonchev–Trinajstić information content (AvgIpc) is 1.99. The second-order valence-electron chi connectivity index (χ2n) is 2.54. The first kappa shape index (κ1) is 11.4. The molecule has 0 heterocycles. The number of aryl methyl sites for hydroxylation is 1. The van der Waals surface area contributed by atoms with Crippen molar-refractivity contribution in [1.29, 1.82) is 0 Å². The molecule has 1 unspecified atom stereocenters. The van der Waals surface area contributed by atoms with Gasteiger partial charge in [-0.1, -0.05) is 42.9 Å². The second kappa shape index (κ2) is 5.24. The number of rotatable bonds is 3. The fraction of sp³-hybridized carbons (Fsp3) is 0.250. The molecule has 0 fully saturated rings. The van der Waals surface area contributed by atoms with Gasteiger partial charge in [-0.05, 0) is 30.2 Å². The molecule has 0 saturated heterocycles. The van der Waals surface area contributed by atoms with E-state index < -0.39 is 11.1 Å². The van der Waals surface area contributed by atoms with Crippen LogP contribution in [0.4, 0.5) is 0 Å². The fourth-order valence-electron chi connectivity index (χ4n) is 0.956. The lowest BCUT2D eigenvalue weighted by Crippen LogP contribution is -1.99. The Morgan fingerprint density at radius 3 is 2.23 bits per heavy atom. The highest BCUT2D eigenvalue weighted by Gasteiger charge is 1.97. The topological polar surface area (TPSA) is 40.1 Å². The summed E-state index contributed by atoms with van der Waals surface area (Å²) < 4.78 is 22.5. The van der Waals surface area contributed by atoms with Crippen molar-refractivity contribution >= 4 is 42.9 Å². The van der Waals surface area contributed by atoms with Gasteiger partial charge in [0.25, 0.3) is 0 Å². The number of halogens is 2. The minimum atomic E-state index is -1.96. The zero-order chi connectivity index (χ0) is 9.84. The lowest BCUT2D eigenvalue weighted by atomic mass is 10.2. The van der Waals surface area contributed by atoms with Crippen molar-refractivity contribution < 1.29 is 8.76 Å². The van der Waals surface area contributed by atoms with Crippen LogP contribution in [0.25, 0.3) is 0 Å².